The summed E-state index contributed by atoms with van der Waals surface area (Å²) in [4.78, 5) is 16.9. The normalized spacial score (nSPS) is 41.5. The van der Waals surface area contributed by atoms with Crippen LogP contribution in [0.1, 0.15) is 64.6 Å². The number of carbonyl (C=O) groups excluding carboxylic acids is 1. The highest BCUT2D eigenvalue weighted by atomic mass is 16.7. The molecule has 6 nitrogen and oxygen atoms in total. The number of rotatable bonds is 2. The topological polar surface area (TPSA) is 91.8 Å². The second kappa shape index (κ2) is 6.61. The number of para-hydroxylation sites is 1. The minimum atomic E-state index is -1.36. The third kappa shape index (κ3) is 2.43. The van der Waals surface area contributed by atoms with Gasteiger partial charge < -0.3 is 24.7 Å². The lowest BCUT2D eigenvalue weighted by Gasteiger charge is -2.66. The van der Waals surface area contributed by atoms with Gasteiger partial charge in [-0.2, -0.15) is 0 Å². The van der Waals surface area contributed by atoms with Crippen molar-refractivity contribution in [1.82, 2.24) is 4.98 Å². The summed E-state index contributed by atoms with van der Waals surface area (Å²) in [6.07, 6.45) is 4.05. The summed E-state index contributed by atoms with van der Waals surface area (Å²) in [5, 5.41) is 24.5. The Hall–Kier alpha value is -1.99. The highest BCUT2D eigenvalue weighted by Crippen LogP contribution is 2.70. The average Bonchev–Trinajstić information content (AvgIpc) is 3.30. The van der Waals surface area contributed by atoms with Gasteiger partial charge in [-0.05, 0) is 63.2 Å². The molecular weight excluding hydrogens is 430 g/mol. The third-order valence-corrected chi connectivity index (χ3v) is 10.1. The molecule has 2 saturated carbocycles. The molecule has 3 N–H and O–H groups in total. The van der Waals surface area contributed by atoms with E-state index in [1.807, 2.05) is 0 Å². The summed E-state index contributed by atoms with van der Waals surface area (Å²) in [7, 11) is 1.57. The van der Waals surface area contributed by atoms with E-state index in [4.69, 9.17) is 9.47 Å². The monoisotopic (exact) mass is 465 g/mol. The van der Waals surface area contributed by atoms with E-state index >= 15 is 0 Å². The summed E-state index contributed by atoms with van der Waals surface area (Å²) < 4.78 is 12.2. The first kappa shape index (κ1) is 22.5. The average molecular weight is 466 g/mol. The molecule has 0 saturated heterocycles. The molecule has 4 aliphatic rings. The summed E-state index contributed by atoms with van der Waals surface area (Å²) >= 11 is 0. The Balaban J connectivity index is 1.53. The van der Waals surface area contributed by atoms with Crippen molar-refractivity contribution < 1.29 is 24.5 Å². The number of fused-ring (bicyclic) bond motifs is 9. The molecule has 2 aromatic rings. The fourth-order valence-corrected chi connectivity index (χ4v) is 8.05. The number of aliphatic hydroxyl groups is 2. The number of benzene rings is 1. The molecule has 2 heterocycles. The fourth-order valence-electron chi connectivity index (χ4n) is 8.05. The van der Waals surface area contributed by atoms with Crippen molar-refractivity contribution in [2.75, 3.05) is 7.11 Å². The van der Waals surface area contributed by atoms with Crippen molar-refractivity contribution in [3.63, 3.8) is 0 Å². The Morgan fingerprint density at radius 2 is 1.91 bits per heavy atom. The van der Waals surface area contributed by atoms with Crippen LogP contribution in [0.5, 0.6) is 0 Å². The van der Waals surface area contributed by atoms with Crippen molar-refractivity contribution in [3.8, 4) is 0 Å². The maximum atomic E-state index is 13.2. The van der Waals surface area contributed by atoms with E-state index in [1.165, 1.54) is 22.7 Å². The van der Waals surface area contributed by atoms with Crippen molar-refractivity contribution in [1.29, 1.82) is 0 Å². The van der Waals surface area contributed by atoms with Crippen LogP contribution in [0.4, 0.5) is 0 Å². The molecule has 3 aliphatic carbocycles. The molecule has 0 bridgehead atoms. The maximum absolute atomic E-state index is 13.2. The van der Waals surface area contributed by atoms with Crippen LogP contribution in [-0.2, 0) is 26.1 Å². The number of hydrogen-bond donors (Lipinski definition) is 3. The number of aromatic nitrogens is 1. The van der Waals surface area contributed by atoms with Crippen LogP contribution in [0.2, 0.25) is 0 Å². The molecular formula is C28H35NO5. The first-order chi connectivity index (χ1) is 15.9. The summed E-state index contributed by atoms with van der Waals surface area (Å²) in [5.74, 6) is -1.14. The van der Waals surface area contributed by atoms with Gasteiger partial charge in [0.1, 0.15) is 0 Å². The van der Waals surface area contributed by atoms with Crippen molar-refractivity contribution in [3.05, 3.63) is 47.2 Å². The molecule has 1 aliphatic heterocycles. The maximum Gasteiger partial charge on any atom is 0.194 e. The number of aromatic amines is 1. The molecule has 34 heavy (non-hydrogen) atoms. The quantitative estimate of drug-likeness (QED) is 0.625. The second-order valence-electron chi connectivity index (χ2n) is 11.9. The van der Waals surface area contributed by atoms with Gasteiger partial charge in [0, 0.05) is 46.5 Å². The van der Waals surface area contributed by atoms with Crippen LogP contribution in [0, 0.1) is 11.3 Å². The zero-order valence-electron chi connectivity index (χ0n) is 20.7. The fraction of sp³-hybridized carbons (Fsp3) is 0.607. The van der Waals surface area contributed by atoms with E-state index in [1.54, 1.807) is 21.0 Å². The zero-order chi connectivity index (χ0) is 24.3. The van der Waals surface area contributed by atoms with Gasteiger partial charge in [-0.15, -0.1) is 0 Å². The first-order valence-corrected chi connectivity index (χ1v) is 12.5. The van der Waals surface area contributed by atoms with E-state index < -0.39 is 28.5 Å². The van der Waals surface area contributed by atoms with Crippen LogP contribution in [0.3, 0.4) is 0 Å². The van der Waals surface area contributed by atoms with Crippen LogP contribution < -0.4 is 0 Å². The first-order valence-electron chi connectivity index (χ1n) is 12.5. The Morgan fingerprint density at radius 1 is 1.18 bits per heavy atom. The Morgan fingerprint density at radius 3 is 2.62 bits per heavy atom. The number of ketones is 1. The van der Waals surface area contributed by atoms with Gasteiger partial charge in [0.15, 0.2) is 17.7 Å². The van der Waals surface area contributed by atoms with Gasteiger partial charge >= 0.3 is 0 Å². The molecule has 0 amide bonds. The van der Waals surface area contributed by atoms with Gasteiger partial charge in [-0.25, -0.2) is 0 Å². The molecule has 0 spiro atoms. The predicted octanol–water partition coefficient (Wildman–Crippen LogP) is 3.93. The van der Waals surface area contributed by atoms with Crippen LogP contribution in [-0.4, -0.2) is 51.2 Å². The van der Waals surface area contributed by atoms with E-state index in [9.17, 15) is 15.0 Å². The highest BCUT2D eigenvalue weighted by molar-refractivity contribution is 5.96. The number of H-pyrrole nitrogens is 1. The molecule has 1 aromatic carbocycles. The lowest BCUT2D eigenvalue weighted by Crippen LogP contribution is -2.71. The van der Waals surface area contributed by atoms with E-state index in [0.29, 0.717) is 30.8 Å². The summed E-state index contributed by atoms with van der Waals surface area (Å²) in [6, 6.07) is 8.44. The minimum absolute atomic E-state index is 0.300. The number of nitrogens with one attached hydrogen (secondary N) is 1. The number of carbonyl (C=O) groups is 1. The Labute approximate surface area is 200 Å². The molecule has 6 rings (SSSR count). The minimum Gasteiger partial charge on any atom is -0.387 e. The summed E-state index contributed by atoms with van der Waals surface area (Å²) in [6.45, 7) is 7.63. The van der Waals surface area contributed by atoms with Crippen LogP contribution in [0.25, 0.3) is 10.9 Å². The van der Waals surface area contributed by atoms with E-state index in [2.05, 4.69) is 43.1 Å². The SMILES string of the molecule is COC12CCC3(C)C(O)(CCC4Cc5c([nH]c6ccccc56)C43C)C1=CC(=O)C(C(C)(C)O)O2. The second-order valence-corrected chi connectivity index (χ2v) is 11.9. The summed E-state index contributed by atoms with van der Waals surface area (Å²) in [5.41, 5.74) is 0.778. The van der Waals surface area contributed by atoms with Gasteiger partial charge in [0.2, 0.25) is 0 Å². The van der Waals surface area contributed by atoms with Crippen molar-refractivity contribution in [2.45, 2.75) is 88.3 Å². The smallest absolute Gasteiger partial charge is 0.194 e. The van der Waals surface area contributed by atoms with Crippen molar-refractivity contribution >= 4 is 16.7 Å². The molecule has 6 atom stereocenters. The van der Waals surface area contributed by atoms with E-state index in [0.717, 1.165) is 18.4 Å². The molecule has 2 fully saturated rings. The van der Waals surface area contributed by atoms with Crippen LogP contribution in [0.15, 0.2) is 35.9 Å². The Kier molecular flexibility index (Phi) is 4.37. The van der Waals surface area contributed by atoms with Gasteiger partial charge in [-0.1, -0.05) is 32.0 Å². The highest BCUT2D eigenvalue weighted by Gasteiger charge is 2.73. The number of hydrogen-bond acceptors (Lipinski definition) is 5. The van der Waals surface area contributed by atoms with Gasteiger partial charge in [0.05, 0.1) is 11.2 Å². The molecule has 0 radical (unpaired) electrons. The molecule has 6 unspecified atom stereocenters. The third-order valence-electron chi connectivity index (χ3n) is 10.1. The predicted molar refractivity (Wildman–Crippen MR) is 128 cm³/mol. The molecule has 6 heteroatoms. The standard InChI is InChI=1S/C28H35NO5/c1-24(2,31)23-20(30)15-21-27(32)11-10-16-14-18-17-8-6-7-9-19(17)29-22(18)26(16,4)25(27,3)12-13-28(21,33-5)34-23/h6-9,15-16,23,29,31-32H,10-14H2,1-5H3. The molecule has 1 aromatic heterocycles. The van der Waals surface area contributed by atoms with E-state index in [-0.39, 0.29) is 11.2 Å². The van der Waals surface area contributed by atoms with Crippen molar-refractivity contribution in [2.24, 2.45) is 11.3 Å². The zero-order valence-corrected chi connectivity index (χ0v) is 20.7. The Bertz CT molecular complexity index is 1240. The largest absolute Gasteiger partial charge is 0.387 e. The lowest BCUT2D eigenvalue weighted by atomic mass is 9.42. The number of methoxy groups -OCH3 is 1. The number of ether oxygens (including phenoxy) is 2. The molecule has 182 valence electrons. The van der Waals surface area contributed by atoms with Gasteiger partial charge in [-0.3, -0.25) is 4.79 Å². The van der Waals surface area contributed by atoms with Crippen LogP contribution >= 0.6 is 0 Å². The lowest BCUT2D eigenvalue weighted by molar-refractivity contribution is -0.295. The van der Waals surface area contributed by atoms with Gasteiger partial charge in [0.25, 0.3) is 0 Å².